The minimum atomic E-state index is 0.721. The number of rotatable bonds is 2. The molecule has 0 aromatic heterocycles. The Morgan fingerprint density at radius 2 is 2.18 bits per heavy atom. The predicted molar refractivity (Wildman–Crippen MR) is 48.7 cm³/mol. The zero-order chi connectivity index (χ0) is 8.27. The fourth-order valence-electron chi connectivity index (χ4n) is 1.75. The van der Waals surface area contributed by atoms with Crippen LogP contribution in [0.3, 0.4) is 0 Å². The average Bonchev–Trinajstić information content (AvgIpc) is 1.93. The Labute approximate surface area is 70.0 Å². The highest BCUT2D eigenvalue weighted by atomic mass is 15.1. The van der Waals surface area contributed by atoms with Crippen molar-refractivity contribution >= 4 is 0 Å². The van der Waals surface area contributed by atoms with Crippen molar-refractivity contribution in [1.29, 1.82) is 0 Å². The predicted octanol–water partition coefficient (Wildman–Crippen LogP) is 0.936. The second-order valence-electron chi connectivity index (χ2n) is 3.94. The first kappa shape index (κ1) is 9.01. The molecule has 1 aliphatic heterocycles. The zero-order valence-corrected chi connectivity index (χ0v) is 7.93. The molecule has 0 bridgehead atoms. The highest BCUT2D eigenvalue weighted by Crippen LogP contribution is 2.15. The number of nitrogens with one attached hydrogen (secondary N) is 1. The maximum atomic E-state index is 3.56. The molecule has 1 rings (SSSR count). The molecule has 0 amide bonds. The summed E-state index contributed by atoms with van der Waals surface area (Å²) in [5.41, 5.74) is 0. The third-order valence-electron chi connectivity index (χ3n) is 2.49. The Morgan fingerprint density at radius 3 is 2.73 bits per heavy atom. The molecule has 11 heavy (non-hydrogen) atoms. The lowest BCUT2D eigenvalue weighted by molar-refractivity contribution is 0.238. The van der Waals surface area contributed by atoms with Crippen molar-refractivity contribution in [1.82, 2.24) is 10.2 Å². The molecule has 0 aromatic carbocycles. The van der Waals surface area contributed by atoms with Gasteiger partial charge in [0.2, 0.25) is 0 Å². The molecule has 2 nitrogen and oxygen atoms in total. The molecular weight excluding hydrogens is 136 g/mol. The summed E-state index contributed by atoms with van der Waals surface area (Å²) >= 11 is 0. The second-order valence-corrected chi connectivity index (χ2v) is 3.94. The Kier molecular flexibility index (Phi) is 3.34. The van der Waals surface area contributed by atoms with Crippen LogP contribution in [0.25, 0.3) is 0 Å². The van der Waals surface area contributed by atoms with Gasteiger partial charge in [0, 0.05) is 12.6 Å². The number of nitrogens with zero attached hydrogens (tertiary/aromatic N) is 1. The molecule has 2 unspecified atom stereocenters. The van der Waals surface area contributed by atoms with Crippen LogP contribution in [0.5, 0.6) is 0 Å². The standard InChI is InChI=1S/C9H20N2/c1-8-5-4-6-10-9(8)7-11(2)3/h8-10H,4-7H2,1-3H3. The van der Waals surface area contributed by atoms with Crippen LogP contribution in [0.1, 0.15) is 19.8 Å². The lowest BCUT2D eigenvalue weighted by Crippen LogP contribution is -2.46. The largest absolute Gasteiger partial charge is 0.312 e. The molecule has 0 spiro atoms. The first-order valence-electron chi connectivity index (χ1n) is 4.58. The molecule has 2 atom stereocenters. The van der Waals surface area contributed by atoms with Gasteiger partial charge in [-0.1, -0.05) is 6.92 Å². The van der Waals surface area contributed by atoms with Crippen molar-refractivity contribution in [2.45, 2.75) is 25.8 Å². The summed E-state index contributed by atoms with van der Waals surface area (Å²) in [6, 6.07) is 0.721. The maximum Gasteiger partial charge on any atom is 0.0220 e. The summed E-state index contributed by atoms with van der Waals surface area (Å²) in [6.45, 7) is 4.74. The summed E-state index contributed by atoms with van der Waals surface area (Å²) in [4.78, 5) is 2.26. The molecule has 2 heteroatoms. The number of piperidine rings is 1. The molecule has 66 valence electrons. The van der Waals surface area contributed by atoms with Crippen molar-refractivity contribution < 1.29 is 0 Å². The van der Waals surface area contributed by atoms with Crippen molar-refractivity contribution in [3.05, 3.63) is 0 Å². The Hall–Kier alpha value is -0.0800. The smallest absolute Gasteiger partial charge is 0.0220 e. The third kappa shape index (κ3) is 2.80. The summed E-state index contributed by atoms with van der Waals surface area (Å²) in [6.07, 6.45) is 2.75. The highest BCUT2D eigenvalue weighted by molar-refractivity contribution is 4.79. The molecule has 0 aromatic rings. The van der Waals surface area contributed by atoms with E-state index < -0.39 is 0 Å². The van der Waals surface area contributed by atoms with Gasteiger partial charge >= 0.3 is 0 Å². The van der Waals surface area contributed by atoms with Gasteiger partial charge in [0.25, 0.3) is 0 Å². The molecule has 0 saturated carbocycles. The Morgan fingerprint density at radius 1 is 1.45 bits per heavy atom. The van der Waals surface area contributed by atoms with Crippen LogP contribution in [0, 0.1) is 5.92 Å². The van der Waals surface area contributed by atoms with Crippen molar-refractivity contribution in [2.75, 3.05) is 27.2 Å². The van der Waals surface area contributed by atoms with E-state index in [0.29, 0.717) is 0 Å². The summed E-state index contributed by atoms with van der Waals surface area (Å²) < 4.78 is 0. The van der Waals surface area contributed by atoms with Gasteiger partial charge in [-0.05, 0) is 39.4 Å². The van der Waals surface area contributed by atoms with E-state index in [0.717, 1.165) is 12.0 Å². The minimum Gasteiger partial charge on any atom is -0.312 e. The van der Waals surface area contributed by atoms with Gasteiger partial charge in [0.05, 0.1) is 0 Å². The summed E-state index contributed by atoms with van der Waals surface area (Å²) in [7, 11) is 4.28. The minimum absolute atomic E-state index is 0.721. The van der Waals surface area contributed by atoms with E-state index in [2.05, 4.69) is 31.2 Å². The SMILES string of the molecule is CC1CCCNC1CN(C)C. The van der Waals surface area contributed by atoms with E-state index in [1.165, 1.54) is 25.9 Å². The van der Waals surface area contributed by atoms with Crippen LogP contribution >= 0.6 is 0 Å². The van der Waals surface area contributed by atoms with Crippen LogP contribution in [0.15, 0.2) is 0 Å². The molecule has 0 radical (unpaired) electrons. The third-order valence-corrected chi connectivity index (χ3v) is 2.49. The van der Waals surface area contributed by atoms with Crippen molar-refractivity contribution in [2.24, 2.45) is 5.92 Å². The van der Waals surface area contributed by atoms with E-state index in [-0.39, 0.29) is 0 Å². The summed E-state index contributed by atoms with van der Waals surface area (Å²) in [5.74, 6) is 0.853. The molecule has 1 heterocycles. The number of hydrogen-bond donors (Lipinski definition) is 1. The van der Waals surface area contributed by atoms with Crippen LogP contribution in [0.4, 0.5) is 0 Å². The molecule has 1 aliphatic rings. The monoisotopic (exact) mass is 156 g/mol. The van der Waals surface area contributed by atoms with Crippen LogP contribution in [-0.4, -0.2) is 38.1 Å². The lowest BCUT2D eigenvalue weighted by atomic mass is 9.92. The Bertz CT molecular complexity index is 112. The topological polar surface area (TPSA) is 15.3 Å². The quantitative estimate of drug-likeness (QED) is 0.640. The fraction of sp³-hybridized carbons (Fsp3) is 1.00. The fourth-order valence-corrected chi connectivity index (χ4v) is 1.75. The van der Waals surface area contributed by atoms with Crippen LogP contribution in [0.2, 0.25) is 0 Å². The molecule has 0 aliphatic carbocycles. The van der Waals surface area contributed by atoms with E-state index in [1.807, 2.05) is 0 Å². The van der Waals surface area contributed by atoms with Gasteiger partial charge in [-0.2, -0.15) is 0 Å². The second kappa shape index (κ2) is 4.07. The lowest BCUT2D eigenvalue weighted by Gasteiger charge is -2.32. The van der Waals surface area contributed by atoms with Crippen LogP contribution in [-0.2, 0) is 0 Å². The van der Waals surface area contributed by atoms with Gasteiger partial charge in [-0.25, -0.2) is 0 Å². The van der Waals surface area contributed by atoms with E-state index in [9.17, 15) is 0 Å². The zero-order valence-electron chi connectivity index (χ0n) is 7.93. The van der Waals surface area contributed by atoms with Crippen molar-refractivity contribution in [3.8, 4) is 0 Å². The van der Waals surface area contributed by atoms with Gasteiger partial charge in [-0.15, -0.1) is 0 Å². The molecular formula is C9H20N2. The first-order chi connectivity index (χ1) is 5.20. The molecule has 1 N–H and O–H groups in total. The van der Waals surface area contributed by atoms with E-state index in [1.54, 1.807) is 0 Å². The molecule has 1 saturated heterocycles. The van der Waals surface area contributed by atoms with Gasteiger partial charge in [-0.3, -0.25) is 0 Å². The first-order valence-corrected chi connectivity index (χ1v) is 4.58. The van der Waals surface area contributed by atoms with E-state index in [4.69, 9.17) is 0 Å². The molecule has 1 fully saturated rings. The van der Waals surface area contributed by atoms with E-state index >= 15 is 0 Å². The number of likely N-dealkylation sites (N-methyl/N-ethyl adjacent to an activating group) is 1. The summed E-state index contributed by atoms with van der Waals surface area (Å²) in [5, 5.41) is 3.56. The number of hydrogen-bond acceptors (Lipinski definition) is 2. The van der Waals surface area contributed by atoms with Crippen molar-refractivity contribution in [3.63, 3.8) is 0 Å². The maximum absolute atomic E-state index is 3.56. The highest BCUT2D eigenvalue weighted by Gasteiger charge is 2.20. The normalized spacial score (nSPS) is 32.7. The van der Waals surface area contributed by atoms with Crippen LogP contribution < -0.4 is 5.32 Å². The van der Waals surface area contributed by atoms with Gasteiger partial charge in [0.15, 0.2) is 0 Å². The Balaban J connectivity index is 2.29. The van der Waals surface area contributed by atoms with Gasteiger partial charge in [0.1, 0.15) is 0 Å². The van der Waals surface area contributed by atoms with Gasteiger partial charge < -0.3 is 10.2 Å². The average molecular weight is 156 g/mol.